The summed E-state index contributed by atoms with van der Waals surface area (Å²) in [5.41, 5.74) is 5.69. The first-order valence-electron chi connectivity index (χ1n) is 13.1. The van der Waals surface area contributed by atoms with Crippen molar-refractivity contribution in [2.75, 3.05) is 16.8 Å². The molecule has 0 fully saturated rings. The van der Waals surface area contributed by atoms with E-state index in [1.165, 1.54) is 12.5 Å². The lowest BCUT2D eigenvalue weighted by Gasteiger charge is -2.37. The number of allylic oxidation sites excluding steroid dienone is 1. The van der Waals surface area contributed by atoms with Crippen molar-refractivity contribution in [1.82, 2.24) is 10.3 Å². The lowest BCUT2D eigenvalue weighted by atomic mass is 9.73. The molecule has 0 saturated heterocycles. The summed E-state index contributed by atoms with van der Waals surface area (Å²) in [5.74, 6) is -0.162. The van der Waals surface area contributed by atoms with Crippen LogP contribution in [0.2, 0.25) is 10.0 Å². The molecule has 5 rings (SSSR count). The molecule has 3 aromatic rings. The molecule has 1 unspecified atom stereocenters. The van der Waals surface area contributed by atoms with Crippen LogP contribution in [0, 0.1) is 5.41 Å². The van der Waals surface area contributed by atoms with E-state index in [4.69, 9.17) is 23.2 Å². The molecule has 0 spiro atoms. The average Bonchev–Trinajstić information content (AvgIpc) is 3.00. The molecule has 8 heteroatoms. The molecule has 1 aliphatic heterocycles. The van der Waals surface area contributed by atoms with Crippen LogP contribution in [0.5, 0.6) is 0 Å². The first kappa shape index (κ1) is 27.4. The number of anilines is 2. The van der Waals surface area contributed by atoms with Gasteiger partial charge in [-0.05, 0) is 77.9 Å². The normalized spacial score (nSPS) is 18.2. The lowest BCUT2D eigenvalue weighted by molar-refractivity contribution is -0.118. The van der Waals surface area contributed by atoms with Crippen molar-refractivity contribution in [3.63, 3.8) is 0 Å². The highest BCUT2D eigenvalue weighted by Gasteiger charge is 2.43. The summed E-state index contributed by atoms with van der Waals surface area (Å²) >= 11 is 12.9. The van der Waals surface area contributed by atoms with Crippen molar-refractivity contribution in [3.05, 3.63) is 98.9 Å². The lowest BCUT2D eigenvalue weighted by Crippen LogP contribution is -2.38. The fourth-order valence-electron chi connectivity index (χ4n) is 5.58. The number of carbonyl (C=O) groups is 2. The molecule has 2 aliphatic rings. The predicted molar refractivity (Wildman–Crippen MR) is 157 cm³/mol. The molecule has 1 aromatic heterocycles. The minimum atomic E-state index is -0.663. The molecule has 0 radical (unpaired) electrons. The van der Waals surface area contributed by atoms with Gasteiger partial charge in [-0.2, -0.15) is 0 Å². The maximum absolute atomic E-state index is 13.7. The van der Waals surface area contributed by atoms with Gasteiger partial charge in [0, 0.05) is 53.6 Å². The second-order valence-corrected chi connectivity index (χ2v) is 11.9. The minimum absolute atomic E-state index is 0.0156. The van der Waals surface area contributed by atoms with Crippen molar-refractivity contribution in [3.8, 4) is 0 Å². The topological polar surface area (TPSA) is 74.3 Å². The first-order valence-corrected chi connectivity index (χ1v) is 13.9. The Labute approximate surface area is 239 Å². The number of halogens is 2. The fourth-order valence-corrected chi connectivity index (χ4v) is 6.09. The summed E-state index contributed by atoms with van der Waals surface area (Å²) in [6, 6.07) is 14.6. The van der Waals surface area contributed by atoms with E-state index in [1.54, 1.807) is 29.4 Å². The van der Waals surface area contributed by atoms with Gasteiger partial charge in [-0.3, -0.25) is 19.5 Å². The van der Waals surface area contributed by atoms with Gasteiger partial charge >= 0.3 is 0 Å². The second kappa shape index (κ2) is 11.1. The van der Waals surface area contributed by atoms with Crippen molar-refractivity contribution >= 4 is 46.3 Å². The molecule has 202 valence electrons. The monoisotopic (exact) mass is 562 g/mol. The van der Waals surface area contributed by atoms with Crippen molar-refractivity contribution in [2.45, 2.75) is 52.6 Å². The number of ketones is 1. The molecule has 2 N–H and O–H groups in total. The maximum atomic E-state index is 13.7. The molecule has 6 nitrogen and oxygen atoms in total. The molecular formula is C31H32Cl2N4O2. The number of pyridine rings is 1. The number of rotatable bonds is 6. The van der Waals surface area contributed by atoms with Gasteiger partial charge < -0.3 is 10.6 Å². The summed E-state index contributed by atoms with van der Waals surface area (Å²) in [7, 11) is 0. The van der Waals surface area contributed by atoms with E-state index in [2.05, 4.69) is 35.5 Å². The number of benzene rings is 2. The molecule has 2 heterocycles. The number of nitrogens with one attached hydrogen (secondary N) is 2. The third-order valence-corrected chi connectivity index (χ3v) is 7.89. The standard InChI is InChI=1S/C31H32Cl2N4O2/c1-19(38)37-27-7-4-21(18-35-13-10-20-8-11-34-12-9-20)14-25(27)36-26-16-31(2,3)17-28(39)29(26)30(37)23-6-5-22(32)15-24(23)33/h4-9,11-12,14-15,30,35-36H,10,13,16-18H2,1-3H3. The number of hydrogen-bond acceptors (Lipinski definition) is 5. The van der Waals surface area contributed by atoms with Gasteiger partial charge in [-0.25, -0.2) is 0 Å². The number of fused-ring (bicyclic) bond motifs is 1. The van der Waals surface area contributed by atoms with Crippen LogP contribution in [0.4, 0.5) is 11.4 Å². The number of Topliss-reactive ketones (excluding diaryl/α,β-unsaturated/α-hetero) is 1. The van der Waals surface area contributed by atoms with Crippen molar-refractivity contribution in [1.29, 1.82) is 0 Å². The largest absolute Gasteiger partial charge is 0.357 e. The molecule has 2 aromatic carbocycles. The highest BCUT2D eigenvalue weighted by Crippen LogP contribution is 2.49. The zero-order valence-corrected chi connectivity index (χ0v) is 23.9. The van der Waals surface area contributed by atoms with Gasteiger partial charge in [-0.1, -0.05) is 49.2 Å². The van der Waals surface area contributed by atoms with Crippen LogP contribution in [0.1, 0.15) is 56.3 Å². The molecule has 1 atom stereocenters. The Morgan fingerprint density at radius 3 is 2.56 bits per heavy atom. The number of hydrogen-bond donors (Lipinski definition) is 2. The Morgan fingerprint density at radius 1 is 1.08 bits per heavy atom. The number of carbonyl (C=O) groups excluding carboxylic acids is 2. The highest BCUT2D eigenvalue weighted by atomic mass is 35.5. The van der Waals surface area contributed by atoms with Gasteiger partial charge in [0.2, 0.25) is 5.91 Å². The highest BCUT2D eigenvalue weighted by molar-refractivity contribution is 6.35. The quantitative estimate of drug-likeness (QED) is 0.320. The van der Waals surface area contributed by atoms with E-state index in [9.17, 15) is 9.59 Å². The van der Waals surface area contributed by atoms with Crippen LogP contribution in [-0.2, 0) is 22.6 Å². The van der Waals surface area contributed by atoms with Crippen LogP contribution >= 0.6 is 23.2 Å². The Balaban J connectivity index is 1.53. The van der Waals surface area contributed by atoms with E-state index in [1.807, 2.05) is 30.3 Å². The molecular weight excluding hydrogens is 531 g/mol. The summed E-state index contributed by atoms with van der Waals surface area (Å²) in [5, 5.41) is 8.00. The number of amides is 1. The van der Waals surface area contributed by atoms with Crippen molar-refractivity contribution < 1.29 is 9.59 Å². The van der Waals surface area contributed by atoms with Gasteiger partial charge in [0.05, 0.1) is 17.4 Å². The van der Waals surface area contributed by atoms with E-state index in [0.717, 1.165) is 29.9 Å². The zero-order valence-electron chi connectivity index (χ0n) is 22.4. The van der Waals surface area contributed by atoms with E-state index in [-0.39, 0.29) is 17.1 Å². The Kier molecular flexibility index (Phi) is 7.81. The molecule has 0 bridgehead atoms. The van der Waals surface area contributed by atoms with Crippen LogP contribution in [0.3, 0.4) is 0 Å². The smallest absolute Gasteiger partial charge is 0.224 e. The SMILES string of the molecule is CC(=O)N1c2ccc(CNCCc3ccncc3)cc2NC2=C(C(=O)CC(C)(C)C2)C1c1ccc(Cl)cc1Cl. The minimum Gasteiger partial charge on any atom is -0.357 e. The maximum Gasteiger partial charge on any atom is 0.224 e. The van der Waals surface area contributed by atoms with Crippen molar-refractivity contribution in [2.24, 2.45) is 5.41 Å². The van der Waals surface area contributed by atoms with Crippen LogP contribution < -0.4 is 15.5 Å². The fraction of sp³-hybridized carbons (Fsp3) is 0.323. The molecule has 1 amide bonds. The summed E-state index contributed by atoms with van der Waals surface area (Å²) in [4.78, 5) is 32.8. The third kappa shape index (κ3) is 5.88. The van der Waals surface area contributed by atoms with E-state index < -0.39 is 6.04 Å². The number of aromatic nitrogens is 1. The molecule has 39 heavy (non-hydrogen) atoms. The van der Waals surface area contributed by atoms with E-state index >= 15 is 0 Å². The Morgan fingerprint density at radius 2 is 1.85 bits per heavy atom. The summed E-state index contributed by atoms with van der Waals surface area (Å²) < 4.78 is 0. The summed E-state index contributed by atoms with van der Waals surface area (Å²) in [6.45, 7) is 7.21. The van der Waals surface area contributed by atoms with Crippen LogP contribution in [-0.4, -0.2) is 23.2 Å². The second-order valence-electron chi connectivity index (χ2n) is 11.0. The van der Waals surface area contributed by atoms with Gasteiger partial charge in [0.25, 0.3) is 0 Å². The van der Waals surface area contributed by atoms with Gasteiger partial charge in [-0.15, -0.1) is 0 Å². The summed E-state index contributed by atoms with van der Waals surface area (Å²) in [6.07, 6.45) is 5.58. The Bertz CT molecular complexity index is 1450. The molecule has 0 saturated carbocycles. The van der Waals surface area contributed by atoms with E-state index in [0.29, 0.717) is 46.3 Å². The van der Waals surface area contributed by atoms with Crippen LogP contribution in [0.15, 0.2) is 72.2 Å². The number of nitrogens with zero attached hydrogens (tertiary/aromatic N) is 2. The first-order chi connectivity index (χ1) is 18.6. The van der Waals surface area contributed by atoms with Gasteiger partial charge in [0.15, 0.2) is 5.78 Å². The van der Waals surface area contributed by atoms with Crippen LogP contribution in [0.25, 0.3) is 0 Å². The predicted octanol–water partition coefficient (Wildman–Crippen LogP) is 6.88. The van der Waals surface area contributed by atoms with Gasteiger partial charge in [0.1, 0.15) is 0 Å². The Hall–Kier alpha value is -3.19. The third-order valence-electron chi connectivity index (χ3n) is 7.32. The average molecular weight is 564 g/mol. The molecule has 1 aliphatic carbocycles. The zero-order chi connectivity index (χ0) is 27.7.